The number of esters is 1. The summed E-state index contributed by atoms with van der Waals surface area (Å²) in [7, 11) is 1.43. The van der Waals surface area contributed by atoms with Crippen molar-refractivity contribution in [1.29, 1.82) is 0 Å². The van der Waals surface area contributed by atoms with Crippen molar-refractivity contribution in [2.45, 2.75) is 25.9 Å². The number of ether oxygens (including phenoxy) is 1. The topological polar surface area (TPSA) is 87.1 Å². The zero-order valence-corrected chi connectivity index (χ0v) is 14.3. The number of methoxy groups -OCH3 is 1. The molecule has 1 aliphatic rings. The minimum atomic E-state index is -0.658. The van der Waals surface area contributed by atoms with Crippen LogP contribution in [-0.4, -0.2) is 60.2 Å². The van der Waals surface area contributed by atoms with Crippen LogP contribution in [0.15, 0.2) is 29.5 Å². The summed E-state index contributed by atoms with van der Waals surface area (Å²) in [6.07, 6.45) is 4.17. The fraction of sp³-hybridized carbons (Fsp3) is 0.588. The first kappa shape index (κ1) is 18.2. The molecule has 24 heavy (non-hydrogen) atoms. The molecule has 7 heteroatoms. The van der Waals surface area contributed by atoms with Crippen LogP contribution < -0.4 is 5.32 Å². The number of aromatic nitrogens is 1. The molecule has 0 aromatic carbocycles. The van der Waals surface area contributed by atoms with Crippen LogP contribution in [-0.2, 0) is 9.53 Å². The Labute approximate surface area is 142 Å². The van der Waals surface area contributed by atoms with E-state index in [0.717, 1.165) is 44.0 Å². The zero-order valence-electron chi connectivity index (χ0n) is 14.3. The first-order valence-electron chi connectivity index (χ1n) is 8.34. The van der Waals surface area contributed by atoms with E-state index < -0.39 is 6.10 Å². The van der Waals surface area contributed by atoms with Gasteiger partial charge in [0.25, 0.3) is 0 Å². The lowest BCUT2D eigenvalue weighted by atomic mass is 9.97. The van der Waals surface area contributed by atoms with Crippen LogP contribution in [0, 0.1) is 5.92 Å². The van der Waals surface area contributed by atoms with Crippen molar-refractivity contribution >= 4 is 11.9 Å². The van der Waals surface area contributed by atoms with E-state index in [4.69, 9.17) is 4.74 Å². The highest BCUT2D eigenvalue weighted by Gasteiger charge is 2.27. The Hall–Kier alpha value is -2.15. The molecule has 0 radical (unpaired) electrons. The van der Waals surface area contributed by atoms with Crippen LogP contribution in [0.3, 0.4) is 0 Å². The minimum absolute atomic E-state index is 0.0310. The molecule has 2 N–H and O–H groups in total. The average Bonchev–Trinajstić information content (AvgIpc) is 2.65. The number of guanidine groups is 1. The zero-order chi connectivity index (χ0) is 17.4. The maximum absolute atomic E-state index is 11.6. The number of piperidine rings is 1. The first-order chi connectivity index (χ1) is 11.7. The Balaban J connectivity index is 1.95. The van der Waals surface area contributed by atoms with Crippen LogP contribution in [0.2, 0.25) is 0 Å². The summed E-state index contributed by atoms with van der Waals surface area (Å²) < 4.78 is 4.82. The summed E-state index contributed by atoms with van der Waals surface area (Å²) in [6.45, 7) is 4.54. The number of hydrogen-bond donors (Lipinski definition) is 2. The predicted molar refractivity (Wildman–Crippen MR) is 91.5 cm³/mol. The van der Waals surface area contributed by atoms with Crippen molar-refractivity contribution in [2.24, 2.45) is 10.9 Å². The van der Waals surface area contributed by atoms with Crippen molar-refractivity contribution < 1.29 is 14.6 Å². The maximum Gasteiger partial charge on any atom is 0.308 e. The number of carbonyl (C=O) groups excluding carboxylic acids is 1. The van der Waals surface area contributed by atoms with E-state index in [2.05, 4.69) is 20.2 Å². The Morgan fingerprint density at radius 2 is 2.12 bits per heavy atom. The van der Waals surface area contributed by atoms with Gasteiger partial charge in [-0.25, -0.2) is 0 Å². The normalized spacial score (nSPS) is 17.5. The number of nitrogens with zero attached hydrogens (tertiary/aromatic N) is 3. The number of carbonyl (C=O) groups is 1. The van der Waals surface area contributed by atoms with E-state index in [0.29, 0.717) is 0 Å². The summed E-state index contributed by atoms with van der Waals surface area (Å²) >= 11 is 0. The molecule has 0 aliphatic carbocycles. The Morgan fingerprint density at radius 1 is 1.46 bits per heavy atom. The third-order valence-corrected chi connectivity index (χ3v) is 4.17. The molecule has 1 unspecified atom stereocenters. The van der Waals surface area contributed by atoms with Crippen molar-refractivity contribution in [3.63, 3.8) is 0 Å². The van der Waals surface area contributed by atoms with E-state index in [9.17, 15) is 9.90 Å². The summed E-state index contributed by atoms with van der Waals surface area (Å²) in [5.74, 6) is 0.607. The van der Waals surface area contributed by atoms with Gasteiger partial charge in [-0.2, -0.15) is 0 Å². The molecular formula is C17H26N4O3. The number of rotatable bonds is 5. The standard InChI is InChI=1S/C17H26N4O3/c1-3-19-17(20-12-15(22)13-4-8-18-9-5-13)21-10-6-14(7-11-21)16(23)24-2/h4-5,8-9,14-15,22H,3,6-7,10-12H2,1-2H3,(H,19,20). The molecule has 2 rings (SSSR count). The molecule has 0 bridgehead atoms. The number of hydrogen-bond acceptors (Lipinski definition) is 5. The Bertz CT molecular complexity index is 542. The van der Waals surface area contributed by atoms with E-state index >= 15 is 0 Å². The number of aliphatic imine (C=N–C) groups is 1. The van der Waals surface area contributed by atoms with Crippen molar-refractivity contribution in [3.8, 4) is 0 Å². The second kappa shape index (κ2) is 9.22. The molecule has 1 aromatic rings. The molecule has 1 fully saturated rings. The summed E-state index contributed by atoms with van der Waals surface area (Å²) in [6, 6.07) is 3.57. The van der Waals surface area contributed by atoms with Gasteiger partial charge in [0.05, 0.1) is 25.7 Å². The van der Waals surface area contributed by atoms with Crippen molar-refractivity contribution in [2.75, 3.05) is 33.3 Å². The molecule has 2 heterocycles. The van der Waals surface area contributed by atoms with Crippen molar-refractivity contribution in [3.05, 3.63) is 30.1 Å². The van der Waals surface area contributed by atoms with Gasteiger partial charge in [0.15, 0.2) is 5.96 Å². The Morgan fingerprint density at radius 3 is 2.71 bits per heavy atom. The van der Waals surface area contributed by atoms with Crippen LogP contribution in [0.25, 0.3) is 0 Å². The molecule has 132 valence electrons. The van der Waals surface area contributed by atoms with Crippen molar-refractivity contribution in [1.82, 2.24) is 15.2 Å². The van der Waals surface area contributed by atoms with Gasteiger partial charge in [-0.1, -0.05) is 0 Å². The quantitative estimate of drug-likeness (QED) is 0.474. The fourth-order valence-electron chi connectivity index (χ4n) is 2.78. The van der Waals surface area contributed by atoms with Crippen LogP contribution in [0.1, 0.15) is 31.4 Å². The minimum Gasteiger partial charge on any atom is -0.469 e. The van der Waals surface area contributed by atoms with Gasteiger partial charge in [0.1, 0.15) is 0 Å². The van der Waals surface area contributed by atoms with Gasteiger partial charge in [-0.05, 0) is 37.5 Å². The number of aliphatic hydroxyl groups is 1. The maximum atomic E-state index is 11.6. The monoisotopic (exact) mass is 334 g/mol. The molecule has 1 atom stereocenters. The lowest BCUT2D eigenvalue weighted by molar-refractivity contribution is -0.146. The Kier molecular flexibility index (Phi) is 6.99. The van der Waals surface area contributed by atoms with Crippen LogP contribution >= 0.6 is 0 Å². The highest BCUT2D eigenvalue weighted by molar-refractivity contribution is 5.80. The first-order valence-corrected chi connectivity index (χ1v) is 8.34. The van der Waals surface area contributed by atoms with E-state index in [1.54, 1.807) is 24.5 Å². The van der Waals surface area contributed by atoms with E-state index in [1.165, 1.54) is 7.11 Å². The van der Waals surface area contributed by atoms with Gasteiger partial charge < -0.3 is 20.1 Å². The summed E-state index contributed by atoms with van der Waals surface area (Å²) in [5, 5.41) is 13.5. The van der Waals surface area contributed by atoms with Crippen LogP contribution in [0.5, 0.6) is 0 Å². The van der Waals surface area contributed by atoms with E-state index in [-0.39, 0.29) is 18.4 Å². The number of likely N-dealkylation sites (tertiary alicyclic amines) is 1. The molecule has 1 aliphatic heterocycles. The average molecular weight is 334 g/mol. The van der Waals surface area contributed by atoms with Gasteiger partial charge in [0, 0.05) is 32.0 Å². The summed E-state index contributed by atoms with van der Waals surface area (Å²) in [4.78, 5) is 22.2. The summed E-state index contributed by atoms with van der Waals surface area (Å²) in [5.41, 5.74) is 0.800. The third-order valence-electron chi connectivity index (χ3n) is 4.17. The highest BCUT2D eigenvalue weighted by atomic mass is 16.5. The molecule has 0 amide bonds. The van der Waals surface area contributed by atoms with E-state index in [1.807, 2.05) is 6.92 Å². The number of aliphatic hydroxyl groups excluding tert-OH is 1. The molecule has 0 saturated carbocycles. The smallest absolute Gasteiger partial charge is 0.308 e. The van der Waals surface area contributed by atoms with Crippen LogP contribution in [0.4, 0.5) is 0 Å². The fourth-order valence-corrected chi connectivity index (χ4v) is 2.78. The predicted octanol–water partition coefficient (Wildman–Crippen LogP) is 0.966. The SMILES string of the molecule is CCNC(=NCC(O)c1ccncc1)N1CCC(C(=O)OC)CC1. The van der Waals surface area contributed by atoms with Gasteiger partial charge in [-0.15, -0.1) is 0 Å². The number of pyridine rings is 1. The molecule has 0 spiro atoms. The van der Waals surface area contributed by atoms with Gasteiger partial charge >= 0.3 is 5.97 Å². The molecule has 1 saturated heterocycles. The molecule has 7 nitrogen and oxygen atoms in total. The second-order valence-corrected chi connectivity index (χ2v) is 5.78. The largest absolute Gasteiger partial charge is 0.469 e. The van der Waals surface area contributed by atoms with Gasteiger partial charge in [-0.3, -0.25) is 14.8 Å². The second-order valence-electron chi connectivity index (χ2n) is 5.78. The van der Waals surface area contributed by atoms with Gasteiger partial charge in [0.2, 0.25) is 0 Å². The third kappa shape index (κ3) is 4.92. The highest BCUT2D eigenvalue weighted by Crippen LogP contribution is 2.19. The number of nitrogens with one attached hydrogen (secondary N) is 1. The molecular weight excluding hydrogens is 308 g/mol. The molecule has 1 aromatic heterocycles. The lowest BCUT2D eigenvalue weighted by Gasteiger charge is -2.33. The lowest BCUT2D eigenvalue weighted by Crippen LogP contribution is -2.46.